The van der Waals surface area contributed by atoms with Crippen LogP contribution in [0.1, 0.15) is 34.3 Å². The summed E-state index contributed by atoms with van der Waals surface area (Å²) in [6.07, 6.45) is -1.96. The van der Waals surface area contributed by atoms with Crippen LogP contribution in [0.2, 0.25) is 0 Å². The van der Waals surface area contributed by atoms with E-state index in [1.165, 1.54) is 4.90 Å². The Balaban J connectivity index is 1.56. The van der Waals surface area contributed by atoms with Crippen molar-refractivity contribution in [2.45, 2.75) is 44.4 Å². The van der Waals surface area contributed by atoms with Gasteiger partial charge in [-0.05, 0) is 23.6 Å². The third kappa shape index (κ3) is 3.40. The molecule has 0 bridgehead atoms. The summed E-state index contributed by atoms with van der Waals surface area (Å²) >= 11 is 0. The van der Waals surface area contributed by atoms with Crippen molar-refractivity contribution in [3.63, 3.8) is 0 Å². The van der Waals surface area contributed by atoms with Gasteiger partial charge < -0.3 is 10.2 Å². The maximum absolute atomic E-state index is 13.4. The summed E-state index contributed by atoms with van der Waals surface area (Å²) in [6, 6.07) is 3.76. The molecule has 3 aliphatic heterocycles. The lowest BCUT2D eigenvalue weighted by Gasteiger charge is -2.36. The third-order valence-corrected chi connectivity index (χ3v) is 5.74. The first-order valence-electron chi connectivity index (χ1n) is 9.44. The van der Waals surface area contributed by atoms with E-state index in [-0.39, 0.29) is 31.3 Å². The summed E-state index contributed by atoms with van der Waals surface area (Å²) in [5, 5.41) is 5.28. The number of piperazine rings is 1. The van der Waals surface area contributed by atoms with Gasteiger partial charge in [0.15, 0.2) is 0 Å². The zero-order valence-electron chi connectivity index (χ0n) is 15.3. The molecule has 2 fully saturated rings. The first kappa shape index (κ1) is 18.9. The molecule has 3 amide bonds. The molecule has 0 spiro atoms. The highest BCUT2D eigenvalue weighted by atomic mass is 19.3. The van der Waals surface area contributed by atoms with Crippen molar-refractivity contribution in [2.24, 2.45) is 0 Å². The molecule has 9 heteroatoms. The molecule has 1 aromatic rings. The number of carbonyl (C=O) groups excluding carboxylic acids is 3. The van der Waals surface area contributed by atoms with E-state index >= 15 is 0 Å². The Hall–Kier alpha value is -2.39. The molecule has 3 heterocycles. The van der Waals surface area contributed by atoms with Crippen LogP contribution < -0.4 is 10.6 Å². The van der Waals surface area contributed by atoms with Gasteiger partial charge in [-0.1, -0.05) is 12.1 Å². The molecule has 150 valence electrons. The van der Waals surface area contributed by atoms with Gasteiger partial charge in [-0.25, -0.2) is 8.78 Å². The van der Waals surface area contributed by atoms with Crippen LogP contribution in [-0.4, -0.2) is 65.7 Å². The molecule has 28 heavy (non-hydrogen) atoms. The van der Waals surface area contributed by atoms with Crippen LogP contribution in [0.4, 0.5) is 8.78 Å². The number of halogens is 2. The normalized spacial score (nSPS) is 26.0. The van der Waals surface area contributed by atoms with Crippen molar-refractivity contribution in [3.05, 3.63) is 34.9 Å². The lowest BCUT2D eigenvalue weighted by molar-refractivity contribution is -0.136. The Morgan fingerprint density at radius 3 is 2.79 bits per heavy atom. The van der Waals surface area contributed by atoms with E-state index in [4.69, 9.17) is 0 Å². The van der Waals surface area contributed by atoms with Crippen molar-refractivity contribution >= 4 is 17.7 Å². The number of alkyl halides is 2. The van der Waals surface area contributed by atoms with Gasteiger partial charge in [-0.2, -0.15) is 0 Å². The van der Waals surface area contributed by atoms with Gasteiger partial charge in [0.2, 0.25) is 11.8 Å². The number of hydrogen-bond acceptors (Lipinski definition) is 5. The quantitative estimate of drug-likeness (QED) is 0.729. The number of amides is 3. The van der Waals surface area contributed by atoms with E-state index in [2.05, 4.69) is 10.6 Å². The van der Waals surface area contributed by atoms with Gasteiger partial charge in [-0.15, -0.1) is 0 Å². The number of hydrogen-bond donors (Lipinski definition) is 2. The number of nitrogens with zero attached hydrogens (tertiary/aromatic N) is 2. The van der Waals surface area contributed by atoms with E-state index in [9.17, 15) is 23.2 Å². The molecule has 1 aromatic carbocycles. The number of imide groups is 1. The molecule has 0 saturated carbocycles. The highest BCUT2D eigenvalue weighted by molar-refractivity contribution is 6.05. The van der Waals surface area contributed by atoms with Crippen molar-refractivity contribution in [3.8, 4) is 0 Å². The summed E-state index contributed by atoms with van der Waals surface area (Å²) in [5.74, 6) is -1.04. The topological polar surface area (TPSA) is 81.8 Å². The molecular formula is C19H22F2N4O3. The molecule has 4 rings (SSSR count). The zero-order valence-corrected chi connectivity index (χ0v) is 15.3. The van der Waals surface area contributed by atoms with Gasteiger partial charge in [0, 0.05) is 44.7 Å². The summed E-state index contributed by atoms with van der Waals surface area (Å²) < 4.78 is 26.7. The van der Waals surface area contributed by atoms with Crippen LogP contribution >= 0.6 is 0 Å². The first-order valence-corrected chi connectivity index (χ1v) is 9.44. The summed E-state index contributed by atoms with van der Waals surface area (Å²) in [7, 11) is 0. The van der Waals surface area contributed by atoms with Gasteiger partial charge >= 0.3 is 0 Å². The molecular weight excluding hydrogens is 370 g/mol. The SMILES string of the molecule is O=C1CCC(N2Cc3c(CN4CCNCC4C(F)F)cccc3C2=O)C(=O)N1. The highest BCUT2D eigenvalue weighted by Gasteiger charge is 2.40. The second-order valence-corrected chi connectivity index (χ2v) is 7.42. The highest BCUT2D eigenvalue weighted by Crippen LogP contribution is 2.31. The van der Waals surface area contributed by atoms with Gasteiger partial charge in [0.1, 0.15) is 6.04 Å². The first-order chi connectivity index (χ1) is 13.5. The van der Waals surface area contributed by atoms with Crippen LogP contribution in [-0.2, 0) is 22.7 Å². The molecule has 0 aromatic heterocycles. The van der Waals surface area contributed by atoms with Crippen LogP contribution in [0.15, 0.2) is 18.2 Å². The summed E-state index contributed by atoms with van der Waals surface area (Å²) in [6.45, 7) is 1.95. The van der Waals surface area contributed by atoms with Crippen molar-refractivity contribution in [1.82, 2.24) is 20.4 Å². The minimum atomic E-state index is -2.45. The fraction of sp³-hybridized carbons (Fsp3) is 0.526. The average Bonchev–Trinajstić information content (AvgIpc) is 3.00. The molecule has 0 aliphatic carbocycles. The van der Waals surface area contributed by atoms with Gasteiger partial charge in [-0.3, -0.25) is 24.6 Å². The Bertz CT molecular complexity index is 816. The predicted octanol–water partition coefficient (Wildman–Crippen LogP) is 0.487. The van der Waals surface area contributed by atoms with Crippen LogP contribution in [0.3, 0.4) is 0 Å². The monoisotopic (exact) mass is 392 g/mol. The predicted molar refractivity (Wildman–Crippen MR) is 95.6 cm³/mol. The maximum Gasteiger partial charge on any atom is 0.255 e. The Kier molecular flexibility index (Phi) is 5.11. The van der Waals surface area contributed by atoms with Crippen molar-refractivity contribution in [2.75, 3.05) is 19.6 Å². The minimum absolute atomic E-state index is 0.195. The maximum atomic E-state index is 13.4. The Morgan fingerprint density at radius 1 is 1.21 bits per heavy atom. The van der Waals surface area contributed by atoms with Gasteiger partial charge in [0.05, 0.1) is 6.04 Å². The van der Waals surface area contributed by atoms with E-state index < -0.39 is 24.4 Å². The molecule has 2 N–H and O–H groups in total. The van der Waals surface area contributed by atoms with E-state index in [1.54, 1.807) is 17.0 Å². The standard InChI is InChI=1S/C19H22F2N4O3/c20-17(21)15-8-22-6-7-24(15)9-11-2-1-3-12-13(11)10-25(19(12)28)14-4-5-16(26)23-18(14)27/h1-3,14-15,17,22H,4-10H2,(H,23,26,27). The fourth-order valence-electron chi connectivity index (χ4n) is 4.23. The third-order valence-electron chi connectivity index (χ3n) is 5.74. The fourth-order valence-corrected chi connectivity index (χ4v) is 4.23. The number of benzene rings is 1. The van der Waals surface area contributed by atoms with Gasteiger partial charge in [0.25, 0.3) is 12.3 Å². The lowest BCUT2D eigenvalue weighted by Crippen LogP contribution is -2.54. The van der Waals surface area contributed by atoms with Crippen LogP contribution in [0.5, 0.6) is 0 Å². The van der Waals surface area contributed by atoms with Crippen LogP contribution in [0, 0.1) is 0 Å². The zero-order chi connectivity index (χ0) is 19.8. The van der Waals surface area contributed by atoms with E-state index in [0.717, 1.165) is 11.1 Å². The number of nitrogens with one attached hydrogen (secondary N) is 2. The lowest BCUT2D eigenvalue weighted by atomic mass is 10.0. The molecule has 2 saturated heterocycles. The summed E-state index contributed by atoms with van der Waals surface area (Å²) in [5.41, 5.74) is 2.11. The smallest absolute Gasteiger partial charge is 0.255 e. The number of rotatable bonds is 4. The molecule has 0 radical (unpaired) electrons. The Morgan fingerprint density at radius 2 is 2.04 bits per heavy atom. The average molecular weight is 392 g/mol. The molecule has 2 unspecified atom stereocenters. The number of piperidine rings is 1. The number of fused-ring (bicyclic) bond motifs is 1. The molecule has 3 aliphatic rings. The van der Waals surface area contributed by atoms with Crippen molar-refractivity contribution in [1.29, 1.82) is 0 Å². The second-order valence-electron chi connectivity index (χ2n) is 7.42. The summed E-state index contributed by atoms with van der Waals surface area (Å²) in [4.78, 5) is 39.7. The van der Waals surface area contributed by atoms with Crippen molar-refractivity contribution < 1.29 is 23.2 Å². The molecule has 2 atom stereocenters. The van der Waals surface area contributed by atoms with E-state index in [0.29, 0.717) is 31.6 Å². The minimum Gasteiger partial charge on any atom is -0.322 e. The number of carbonyl (C=O) groups is 3. The van der Waals surface area contributed by atoms with Crippen LogP contribution in [0.25, 0.3) is 0 Å². The van der Waals surface area contributed by atoms with E-state index in [1.807, 2.05) is 6.07 Å². The molecule has 7 nitrogen and oxygen atoms in total. The largest absolute Gasteiger partial charge is 0.322 e. The Labute approximate surface area is 161 Å². The second kappa shape index (κ2) is 7.56.